The zero-order valence-corrected chi connectivity index (χ0v) is 30.1. The van der Waals surface area contributed by atoms with Crippen molar-refractivity contribution in [3.63, 3.8) is 0 Å². The number of pyridine rings is 2. The Balaban J connectivity index is 1.59. The van der Waals surface area contributed by atoms with Gasteiger partial charge in [0, 0.05) is 48.6 Å². The number of aryl methyl sites for hydroxylation is 2. The molecule has 268 valence electrons. The molecule has 1 aliphatic carbocycles. The fourth-order valence-corrected chi connectivity index (χ4v) is 8.02. The van der Waals surface area contributed by atoms with Crippen LogP contribution in [0.15, 0.2) is 85.5 Å². The Morgan fingerprint density at radius 1 is 0.500 bits per heavy atom. The number of hydrogen-bond donors (Lipinski definition) is 0. The SMILES string of the molecule is COc1ccc(C2C(c3cc[n+](CCCS(=O)(=O)[O-])cc3)C(c3ccc(OC)c(OC)c3)C2c2cc[n+](CCCS(=O)(=O)[O-])cc2)cc1OC. The van der Waals surface area contributed by atoms with Crippen molar-refractivity contribution in [1.29, 1.82) is 0 Å². The van der Waals surface area contributed by atoms with Crippen molar-refractivity contribution in [2.24, 2.45) is 0 Å². The normalized spacial score (nSPS) is 19.0. The fraction of sp³-hybridized carbons (Fsp3) is 0.389. The van der Waals surface area contributed by atoms with Crippen LogP contribution in [0.5, 0.6) is 23.0 Å². The largest absolute Gasteiger partial charge is 0.748 e. The molecule has 0 atom stereocenters. The molecule has 0 N–H and O–H groups in total. The summed E-state index contributed by atoms with van der Waals surface area (Å²) in [7, 11) is -2.19. The predicted molar refractivity (Wildman–Crippen MR) is 182 cm³/mol. The Kier molecular flexibility index (Phi) is 11.7. The summed E-state index contributed by atoms with van der Waals surface area (Å²) in [6.45, 7) is 0.774. The molecule has 2 aromatic carbocycles. The van der Waals surface area contributed by atoms with Crippen LogP contribution in [-0.2, 0) is 33.3 Å². The van der Waals surface area contributed by atoms with Crippen LogP contribution in [0.3, 0.4) is 0 Å². The molecular weight excluding hydrogens is 685 g/mol. The first kappa shape index (κ1) is 37.0. The third kappa shape index (κ3) is 8.73. The number of nitrogens with zero attached hydrogens (tertiary/aromatic N) is 2. The minimum atomic E-state index is -4.29. The molecular formula is C36H42N2O10S2. The number of benzene rings is 2. The third-order valence-corrected chi connectivity index (χ3v) is 10.9. The van der Waals surface area contributed by atoms with Crippen molar-refractivity contribution in [2.75, 3.05) is 39.9 Å². The first-order chi connectivity index (χ1) is 23.9. The van der Waals surface area contributed by atoms with Gasteiger partial charge in [-0.1, -0.05) is 12.1 Å². The van der Waals surface area contributed by atoms with Gasteiger partial charge in [0.2, 0.25) is 0 Å². The summed E-state index contributed by atoms with van der Waals surface area (Å²) in [6.07, 6.45) is 8.06. The number of hydrogen-bond acceptors (Lipinski definition) is 10. The van der Waals surface area contributed by atoms with Gasteiger partial charge in [-0.25, -0.2) is 26.0 Å². The van der Waals surface area contributed by atoms with E-state index < -0.39 is 31.7 Å². The van der Waals surface area contributed by atoms with E-state index in [1.54, 1.807) is 28.4 Å². The van der Waals surface area contributed by atoms with Gasteiger partial charge in [0.05, 0.1) is 48.7 Å². The molecule has 12 nitrogen and oxygen atoms in total. The lowest BCUT2D eigenvalue weighted by atomic mass is 9.49. The summed E-state index contributed by atoms with van der Waals surface area (Å²) in [6, 6.07) is 20.1. The highest BCUT2D eigenvalue weighted by Gasteiger charge is 2.53. The summed E-state index contributed by atoms with van der Waals surface area (Å²) in [5, 5.41) is 0. The Morgan fingerprint density at radius 3 is 1.12 bits per heavy atom. The quantitative estimate of drug-likeness (QED) is 0.123. The highest BCUT2D eigenvalue weighted by molar-refractivity contribution is 7.85. The number of rotatable bonds is 16. The third-order valence-electron chi connectivity index (χ3n) is 9.36. The second kappa shape index (κ2) is 15.8. The van der Waals surface area contributed by atoms with Gasteiger partial charge in [-0.3, -0.25) is 0 Å². The van der Waals surface area contributed by atoms with Gasteiger partial charge in [0.1, 0.15) is 13.1 Å². The number of aromatic nitrogens is 2. The summed E-state index contributed by atoms with van der Waals surface area (Å²) < 4.78 is 93.1. The maximum Gasteiger partial charge on any atom is 0.169 e. The van der Waals surface area contributed by atoms with E-state index in [1.165, 1.54) is 0 Å². The topological polar surface area (TPSA) is 159 Å². The average molecular weight is 727 g/mol. The van der Waals surface area contributed by atoms with E-state index >= 15 is 0 Å². The van der Waals surface area contributed by atoms with Crippen LogP contribution in [0.4, 0.5) is 0 Å². The summed E-state index contributed by atoms with van der Waals surface area (Å²) in [5.41, 5.74) is 4.23. The van der Waals surface area contributed by atoms with Gasteiger partial charge >= 0.3 is 0 Å². The molecule has 0 bridgehead atoms. The van der Waals surface area contributed by atoms with Crippen molar-refractivity contribution in [3.8, 4) is 23.0 Å². The van der Waals surface area contributed by atoms with Crippen LogP contribution < -0.4 is 28.1 Å². The Bertz CT molecular complexity index is 1830. The molecule has 14 heteroatoms. The molecule has 5 rings (SSSR count). The lowest BCUT2D eigenvalue weighted by Crippen LogP contribution is -2.41. The van der Waals surface area contributed by atoms with E-state index in [9.17, 15) is 25.9 Å². The Hall–Kier alpha value is -4.24. The van der Waals surface area contributed by atoms with Crippen LogP contribution in [0.2, 0.25) is 0 Å². The van der Waals surface area contributed by atoms with Crippen molar-refractivity contribution >= 4 is 20.2 Å². The minimum absolute atomic E-state index is 0.0255. The molecule has 2 heterocycles. The standard InChI is InChI=1S/C36H42N2O10S2/c1-45-29-9-7-27(23-31(29)47-3)35-33(25-11-17-37(18-12-25)15-5-21-49(39,40)41)36(28-8-10-30(46-2)32(24-28)48-4)34(35)26-13-19-38(20-14-26)16-6-22-50(42,43)44/h7-14,17-20,23-24,33-36H,5-6,15-16,21-22H2,1-4H3. The zero-order chi connectivity index (χ0) is 36.1. The van der Waals surface area contributed by atoms with Gasteiger partial charge in [0.25, 0.3) is 0 Å². The molecule has 0 saturated heterocycles. The highest BCUT2D eigenvalue weighted by atomic mass is 32.2. The van der Waals surface area contributed by atoms with Gasteiger partial charge in [-0.05, 0) is 70.2 Å². The van der Waals surface area contributed by atoms with Gasteiger partial charge < -0.3 is 28.1 Å². The second-order valence-electron chi connectivity index (χ2n) is 12.3. The predicted octanol–water partition coefficient (Wildman–Crippen LogP) is 3.62. The lowest BCUT2D eigenvalue weighted by Gasteiger charge is -2.53. The van der Waals surface area contributed by atoms with Crippen molar-refractivity contribution in [3.05, 3.63) is 108 Å². The molecule has 1 aliphatic rings. The maximum atomic E-state index is 11.1. The number of methoxy groups -OCH3 is 4. The average Bonchev–Trinajstić information content (AvgIpc) is 3.08. The molecule has 0 aliphatic heterocycles. The summed E-state index contributed by atoms with van der Waals surface area (Å²) in [5.74, 6) is 1.47. The molecule has 1 saturated carbocycles. The Labute approximate surface area is 293 Å². The highest BCUT2D eigenvalue weighted by Crippen LogP contribution is 2.67. The maximum absolute atomic E-state index is 11.1. The van der Waals surface area contributed by atoms with Crippen LogP contribution in [0, 0.1) is 0 Å². The van der Waals surface area contributed by atoms with Crippen LogP contribution >= 0.6 is 0 Å². The van der Waals surface area contributed by atoms with Gasteiger partial charge in [-0.15, -0.1) is 0 Å². The van der Waals surface area contributed by atoms with E-state index in [-0.39, 0.29) is 36.5 Å². The van der Waals surface area contributed by atoms with E-state index in [4.69, 9.17) is 18.9 Å². The monoisotopic (exact) mass is 726 g/mol. The summed E-state index contributed by atoms with van der Waals surface area (Å²) >= 11 is 0. The molecule has 50 heavy (non-hydrogen) atoms. The number of ether oxygens (including phenoxy) is 4. The van der Waals surface area contributed by atoms with E-state index in [2.05, 4.69) is 12.1 Å². The van der Waals surface area contributed by atoms with E-state index in [0.29, 0.717) is 36.1 Å². The van der Waals surface area contributed by atoms with Crippen LogP contribution in [0.1, 0.15) is 58.8 Å². The van der Waals surface area contributed by atoms with Crippen molar-refractivity contribution in [1.82, 2.24) is 0 Å². The zero-order valence-electron chi connectivity index (χ0n) is 28.4. The van der Waals surface area contributed by atoms with E-state index in [1.807, 2.05) is 82.5 Å². The second-order valence-corrected chi connectivity index (χ2v) is 15.3. The molecule has 0 radical (unpaired) electrons. The minimum Gasteiger partial charge on any atom is -0.748 e. The van der Waals surface area contributed by atoms with E-state index in [0.717, 1.165) is 22.3 Å². The molecule has 0 spiro atoms. The molecule has 1 fully saturated rings. The van der Waals surface area contributed by atoms with Gasteiger partial charge in [-0.2, -0.15) is 0 Å². The van der Waals surface area contributed by atoms with Crippen LogP contribution in [-0.4, -0.2) is 65.9 Å². The lowest BCUT2D eigenvalue weighted by molar-refractivity contribution is -0.697. The molecule has 0 unspecified atom stereocenters. The van der Waals surface area contributed by atoms with Crippen molar-refractivity contribution < 1.29 is 54.0 Å². The smallest absolute Gasteiger partial charge is 0.169 e. The van der Waals surface area contributed by atoms with Crippen LogP contribution in [0.25, 0.3) is 0 Å². The molecule has 2 aromatic heterocycles. The Morgan fingerprint density at radius 2 is 0.820 bits per heavy atom. The van der Waals surface area contributed by atoms with Crippen molar-refractivity contribution in [2.45, 2.75) is 49.6 Å². The van der Waals surface area contributed by atoms with Gasteiger partial charge in [0.15, 0.2) is 47.8 Å². The first-order valence-electron chi connectivity index (χ1n) is 16.1. The first-order valence-corrected chi connectivity index (χ1v) is 19.3. The molecule has 4 aromatic rings. The summed E-state index contributed by atoms with van der Waals surface area (Å²) in [4.78, 5) is 0. The fourth-order valence-electron chi connectivity index (χ4n) is 7.06. The molecule has 0 amide bonds.